The molecule has 0 N–H and O–H groups in total. The minimum atomic E-state index is -0.367. The van der Waals surface area contributed by atoms with Crippen LogP contribution in [0.5, 0.6) is 0 Å². The molecular formula is C25H11F2N3S2. The lowest BCUT2D eigenvalue weighted by Gasteiger charge is -2.03. The third-order valence-corrected chi connectivity index (χ3v) is 8.38. The second kappa shape index (κ2) is 6.93. The van der Waals surface area contributed by atoms with E-state index in [-0.39, 0.29) is 11.6 Å². The molecule has 2 heterocycles. The second-order valence-electron chi connectivity index (χ2n) is 7.53. The van der Waals surface area contributed by atoms with Crippen LogP contribution in [-0.2, 0) is 0 Å². The molecule has 7 heteroatoms. The van der Waals surface area contributed by atoms with Gasteiger partial charge in [-0.1, -0.05) is 18.2 Å². The molecule has 0 amide bonds. The third kappa shape index (κ3) is 2.50. The van der Waals surface area contributed by atoms with Crippen LogP contribution in [0.15, 0.2) is 47.5 Å². The van der Waals surface area contributed by atoms with Gasteiger partial charge in [0.05, 0.1) is 20.3 Å². The van der Waals surface area contributed by atoms with Crippen LogP contribution in [0.25, 0.3) is 37.2 Å². The van der Waals surface area contributed by atoms with Gasteiger partial charge < -0.3 is 0 Å². The Morgan fingerprint density at radius 2 is 1.47 bits per heavy atom. The molecule has 2 aromatic heterocycles. The Hall–Kier alpha value is -3.65. The number of aliphatic imine (C=N–C) groups is 1. The highest BCUT2D eigenvalue weighted by Crippen LogP contribution is 2.59. The molecule has 2 aliphatic carbocycles. The van der Waals surface area contributed by atoms with Crippen molar-refractivity contribution >= 4 is 43.4 Å². The highest BCUT2D eigenvalue weighted by molar-refractivity contribution is 7.31. The topological polar surface area (TPSA) is 59.9 Å². The molecule has 3 nitrogen and oxygen atoms in total. The van der Waals surface area contributed by atoms with Crippen molar-refractivity contribution in [1.82, 2.24) is 0 Å². The normalized spacial score (nSPS) is 15.5. The molecular weight excluding hydrogens is 444 g/mol. The number of halogens is 2. The zero-order valence-corrected chi connectivity index (χ0v) is 18.0. The first-order chi connectivity index (χ1) is 15.6. The average Bonchev–Trinajstić information content (AvgIpc) is 3.46. The summed E-state index contributed by atoms with van der Waals surface area (Å²) in [6.45, 7) is 0. The van der Waals surface area contributed by atoms with Crippen molar-refractivity contribution in [1.29, 1.82) is 10.5 Å². The molecule has 0 fully saturated rings. The van der Waals surface area contributed by atoms with E-state index in [1.807, 2.05) is 12.3 Å². The number of nitriles is 2. The number of allylic oxidation sites excluding steroid dienone is 1. The van der Waals surface area contributed by atoms with E-state index in [0.29, 0.717) is 24.1 Å². The first-order valence-corrected chi connectivity index (χ1v) is 11.5. The van der Waals surface area contributed by atoms with Gasteiger partial charge in [-0.15, -0.1) is 22.7 Å². The summed E-state index contributed by atoms with van der Waals surface area (Å²) in [5.74, 6) is -0.664. The molecule has 6 rings (SSSR count). The van der Waals surface area contributed by atoms with Crippen molar-refractivity contribution in [3.63, 3.8) is 0 Å². The quantitative estimate of drug-likeness (QED) is 0.204. The van der Waals surface area contributed by atoms with Crippen LogP contribution in [0.3, 0.4) is 0 Å². The molecule has 2 aromatic carbocycles. The van der Waals surface area contributed by atoms with Crippen molar-refractivity contribution in [2.24, 2.45) is 4.99 Å². The summed E-state index contributed by atoms with van der Waals surface area (Å²) in [7, 11) is 0. The van der Waals surface area contributed by atoms with E-state index in [9.17, 15) is 14.0 Å². The Balaban J connectivity index is 1.66. The molecule has 0 unspecified atom stereocenters. The Morgan fingerprint density at radius 3 is 2.16 bits per heavy atom. The van der Waals surface area contributed by atoms with E-state index in [1.54, 1.807) is 29.5 Å². The standard InChI is InChI=1S/C25H11F2N3S2/c26-12-4-6-14-17(9-12)16(3-1-2-8-28)22-19(14)24-25(31-22)20-15-7-5-13(27)10-18(15)21(30-11-29)23(20)32-24/h3-7,9-10H,1-2H2/b16-3+,30-21?. The fourth-order valence-electron chi connectivity index (χ4n) is 4.56. The largest absolute Gasteiger partial charge is 0.207 e. The van der Waals surface area contributed by atoms with E-state index in [1.165, 1.54) is 29.5 Å². The summed E-state index contributed by atoms with van der Waals surface area (Å²) in [4.78, 5) is 5.94. The van der Waals surface area contributed by atoms with Gasteiger partial charge in [-0.05, 0) is 52.9 Å². The van der Waals surface area contributed by atoms with Gasteiger partial charge in [0.15, 0.2) is 0 Å². The van der Waals surface area contributed by atoms with Gasteiger partial charge >= 0.3 is 0 Å². The molecule has 0 saturated carbocycles. The van der Waals surface area contributed by atoms with Crippen LogP contribution in [-0.4, -0.2) is 5.71 Å². The van der Waals surface area contributed by atoms with Gasteiger partial charge in [0.25, 0.3) is 0 Å². The van der Waals surface area contributed by atoms with Crippen molar-refractivity contribution in [2.45, 2.75) is 12.8 Å². The summed E-state index contributed by atoms with van der Waals surface area (Å²) < 4.78 is 30.2. The van der Waals surface area contributed by atoms with E-state index in [4.69, 9.17) is 5.26 Å². The molecule has 0 spiro atoms. The number of unbranched alkanes of at least 4 members (excludes halogenated alkanes) is 1. The van der Waals surface area contributed by atoms with Gasteiger partial charge in [0, 0.05) is 28.0 Å². The number of fused-ring (bicyclic) bond motifs is 9. The monoisotopic (exact) mass is 455 g/mol. The van der Waals surface area contributed by atoms with Gasteiger partial charge in [-0.25, -0.2) is 8.78 Å². The van der Waals surface area contributed by atoms with Crippen molar-refractivity contribution < 1.29 is 8.78 Å². The van der Waals surface area contributed by atoms with Gasteiger partial charge in [-0.3, -0.25) is 0 Å². The second-order valence-corrected chi connectivity index (χ2v) is 9.57. The number of benzene rings is 2. The Bertz CT molecular complexity index is 1620. The average molecular weight is 456 g/mol. The maximum atomic E-state index is 14.1. The maximum Gasteiger partial charge on any atom is 0.206 e. The minimum Gasteiger partial charge on any atom is -0.207 e. The zero-order chi connectivity index (χ0) is 22.0. The molecule has 0 bridgehead atoms. The lowest BCUT2D eigenvalue weighted by molar-refractivity contribution is 0.627. The van der Waals surface area contributed by atoms with Gasteiger partial charge in [0.2, 0.25) is 6.19 Å². The van der Waals surface area contributed by atoms with Crippen LogP contribution >= 0.6 is 22.7 Å². The number of hydrogen-bond acceptors (Lipinski definition) is 5. The summed E-state index contributed by atoms with van der Waals surface area (Å²) in [6, 6.07) is 11.6. The Labute approximate surface area is 189 Å². The SMILES string of the molecule is N#CCC/C=C1\c2cc(F)ccc2-c2c1sc1c3c(sc21)C(=NC#N)c1cc(F)ccc1-3. The summed E-state index contributed by atoms with van der Waals surface area (Å²) in [5, 5.41) is 18.2. The third-order valence-electron chi connectivity index (χ3n) is 5.80. The highest BCUT2D eigenvalue weighted by atomic mass is 32.1. The van der Waals surface area contributed by atoms with Crippen LogP contribution in [0.2, 0.25) is 0 Å². The van der Waals surface area contributed by atoms with E-state index in [2.05, 4.69) is 11.1 Å². The lowest BCUT2D eigenvalue weighted by atomic mass is 10.0. The molecule has 152 valence electrons. The first kappa shape index (κ1) is 19.1. The number of thiophene rings is 2. The maximum absolute atomic E-state index is 14.1. The summed E-state index contributed by atoms with van der Waals surface area (Å²) in [5.41, 5.74) is 6.81. The van der Waals surface area contributed by atoms with Crippen LogP contribution in [0.1, 0.15) is 33.7 Å². The fraction of sp³-hybridized carbons (Fsp3) is 0.0800. The molecule has 0 radical (unpaired) electrons. The predicted octanol–water partition coefficient (Wildman–Crippen LogP) is 7.26. The van der Waals surface area contributed by atoms with E-state index < -0.39 is 0 Å². The fourth-order valence-corrected chi connectivity index (χ4v) is 7.55. The summed E-state index contributed by atoms with van der Waals surface area (Å²) in [6.07, 6.45) is 4.85. The molecule has 4 aromatic rings. The number of hydrogen-bond donors (Lipinski definition) is 0. The van der Waals surface area contributed by atoms with Gasteiger partial charge in [0.1, 0.15) is 17.3 Å². The zero-order valence-electron chi connectivity index (χ0n) is 16.4. The van der Waals surface area contributed by atoms with Crippen molar-refractivity contribution in [2.75, 3.05) is 0 Å². The molecule has 0 atom stereocenters. The van der Waals surface area contributed by atoms with Crippen LogP contribution in [0.4, 0.5) is 8.78 Å². The Morgan fingerprint density at radius 1 is 0.844 bits per heavy atom. The first-order valence-electron chi connectivity index (χ1n) is 9.87. The van der Waals surface area contributed by atoms with Crippen LogP contribution in [0, 0.1) is 34.4 Å². The van der Waals surface area contributed by atoms with Crippen molar-refractivity contribution in [3.05, 3.63) is 75.0 Å². The number of nitrogens with zero attached hydrogens (tertiary/aromatic N) is 3. The lowest BCUT2D eigenvalue weighted by Crippen LogP contribution is -1.96. The van der Waals surface area contributed by atoms with Crippen molar-refractivity contribution in [3.8, 4) is 34.5 Å². The molecule has 2 aliphatic rings. The molecule has 32 heavy (non-hydrogen) atoms. The minimum absolute atomic E-state index is 0.297. The van der Waals surface area contributed by atoms with Crippen LogP contribution < -0.4 is 0 Å². The van der Waals surface area contributed by atoms with E-state index >= 15 is 0 Å². The number of rotatable bonds is 2. The Kier molecular flexibility index (Phi) is 4.13. The molecule has 0 saturated heterocycles. The smallest absolute Gasteiger partial charge is 0.206 e. The van der Waals surface area contributed by atoms with E-state index in [0.717, 1.165) is 52.5 Å². The predicted molar refractivity (Wildman–Crippen MR) is 124 cm³/mol. The highest BCUT2D eigenvalue weighted by Gasteiger charge is 2.36. The summed E-state index contributed by atoms with van der Waals surface area (Å²) >= 11 is 3.16. The van der Waals surface area contributed by atoms with Gasteiger partial charge in [-0.2, -0.15) is 15.5 Å². The molecule has 0 aliphatic heterocycles.